The van der Waals surface area contributed by atoms with Crippen molar-refractivity contribution in [3.05, 3.63) is 30.1 Å². The summed E-state index contributed by atoms with van der Waals surface area (Å²) in [5, 5.41) is 11.4. The molecule has 1 rings (SSSR count). The van der Waals surface area contributed by atoms with Gasteiger partial charge in [0.25, 0.3) is 5.91 Å². The van der Waals surface area contributed by atoms with Crippen LogP contribution in [0.2, 0.25) is 0 Å². The molecule has 5 heteroatoms. The van der Waals surface area contributed by atoms with E-state index in [0.29, 0.717) is 12.1 Å². The number of aliphatic hydroxyl groups is 1. The van der Waals surface area contributed by atoms with Crippen molar-refractivity contribution >= 4 is 11.7 Å². The number of unbranched alkanes of at least 4 members (excludes halogenated alkanes) is 14. The van der Waals surface area contributed by atoms with Crippen molar-refractivity contribution in [3.8, 4) is 0 Å². The van der Waals surface area contributed by atoms with Gasteiger partial charge < -0.3 is 10.4 Å². The van der Waals surface area contributed by atoms with E-state index >= 15 is 0 Å². The number of nitrogens with one attached hydrogen (secondary N) is 1. The molecule has 0 saturated heterocycles. The van der Waals surface area contributed by atoms with Crippen LogP contribution >= 0.6 is 0 Å². The van der Waals surface area contributed by atoms with Gasteiger partial charge in [0.1, 0.15) is 0 Å². The number of hydrogen-bond donors (Lipinski definition) is 2. The quantitative estimate of drug-likeness (QED) is 0.148. The molecule has 0 atom stereocenters. The average Bonchev–Trinajstić information content (AvgIpc) is 2.80. The fraction of sp³-hybridized carbons (Fsp3) is 0.741. The van der Waals surface area contributed by atoms with Crippen molar-refractivity contribution in [3.63, 3.8) is 0 Å². The van der Waals surface area contributed by atoms with Gasteiger partial charge in [-0.3, -0.25) is 9.59 Å². The Morgan fingerprint density at radius 1 is 0.812 bits per heavy atom. The van der Waals surface area contributed by atoms with Crippen LogP contribution in [-0.2, 0) is 11.3 Å². The zero-order chi connectivity index (χ0) is 23.3. The van der Waals surface area contributed by atoms with Gasteiger partial charge in [0, 0.05) is 25.1 Å². The Kier molecular flexibility index (Phi) is 17.6. The molecule has 182 valence electrons. The molecule has 32 heavy (non-hydrogen) atoms. The van der Waals surface area contributed by atoms with Gasteiger partial charge >= 0.3 is 0 Å². The maximum Gasteiger partial charge on any atom is 0.286 e. The highest BCUT2D eigenvalue weighted by Crippen LogP contribution is 2.14. The number of aliphatic hydroxyl groups excluding tert-OH is 1. The number of amides is 1. The van der Waals surface area contributed by atoms with Gasteiger partial charge in [-0.1, -0.05) is 96.8 Å². The number of ketones is 1. The number of carbonyl (C=O) groups excluding carboxylic acids is 2. The maximum absolute atomic E-state index is 12.6. The van der Waals surface area contributed by atoms with E-state index in [0.717, 1.165) is 12.8 Å². The predicted molar refractivity (Wildman–Crippen MR) is 131 cm³/mol. The van der Waals surface area contributed by atoms with E-state index in [1.165, 1.54) is 83.5 Å². The first-order valence-corrected chi connectivity index (χ1v) is 13.1. The lowest BCUT2D eigenvalue weighted by molar-refractivity contribution is -0.686. The van der Waals surface area contributed by atoms with Gasteiger partial charge in [0.05, 0.1) is 6.61 Å². The highest BCUT2D eigenvalue weighted by atomic mass is 16.3. The van der Waals surface area contributed by atoms with E-state index in [1.54, 1.807) is 16.8 Å². The minimum atomic E-state index is -0.198. The van der Waals surface area contributed by atoms with E-state index < -0.39 is 0 Å². The van der Waals surface area contributed by atoms with E-state index in [4.69, 9.17) is 5.11 Å². The summed E-state index contributed by atoms with van der Waals surface area (Å²) in [4.78, 5) is 24.5. The Morgan fingerprint density at radius 2 is 1.34 bits per heavy atom. The smallest absolute Gasteiger partial charge is 0.286 e. The van der Waals surface area contributed by atoms with Crippen LogP contribution in [0, 0.1) is 0 Å². The summed E-state index contributed by atoms with van der Waals surface area (Å²) in [7, 11) is 0. The SMILES string of the molecule is CCCCCCCCCCCCCCCCCC(=O)c1cccc[n+]1CC(=O)NCCO. The Morgan fingerprint density at radius 3 is 1.88 bits per heavy atom. The molecule has 0 aliphatic heterocycles. The molecule has 5 nitrogen and oxygen atoms in total. The molecular weight excluding hydrogens is 400 g/mol. The van der Waals surface area contributed by atoms with Crippen molar-refractivity contribution in [2.45, 2.75) is 116 Å². The molecule has 1 aromatic heterocycles. The summed E-state index contributed by atoms with van der Waals surface area (Å²) in [6.45, 7) is 2.51. The normalized spacial score (nSPS) is 10.9. The Hall–Kier alpha value is -1.75. The van der Waals surface area contributed by atoms with Gasteiger partial charge in [0.2, 0.25) is 18.0 Å². The van der Waals surface area contributed by atoms with Gasteiger partial charge in [0.15, 0.2) is 6.20 Å². The number of Topliss-reactive ketones (excluding diaryl/α,β-unsaturated/α-hetero) is 1. The highest BCUT2D eigenvalue weighted by Gasteiger charge is 2.20. The standard InChI is InChI=1S/C27H46N2O3/c1-2-3-4-5-6-7-8-9-10-11-12-13-14-15-16-20-26(31)25-19-17-18-22-29(25)24-27(32)28-21-23-30/h17-19,22,30H,2-16,20-21,23-24H2,1H3/p+1. The van der Waals surface area contributed by atoms with Crippen molar-refractivity contribution in [1.29, 1.82) is 0 Å². The number of hydrogen-bond acceptors (Lipinski definition) is 3. The van der Waals surface area contributed by atoms with Crippen LogP contribution in [0.25, 0.3) is 0 Å². The largest absolute Gasteiger partial charge is 0.395 e. The first-order valence-electron chi connectivity index (χ1n) is 13.1. The molecule has 0 spiro atoms. The van der Waals surface area contributed by atoms with Crippen molar-refractivity contribution in [2.24, 2.45) is 0 Å². The van der Waals surface area contributed by atoms with Crippen LogP contribution in [0.1, 0.15) is 120 Å². The van der Waals surface area contributed by atoms with E-state index in [2.05, 4.69) is 12.2 Å². The molecule has 0 bridgehead atoms. The van der Waals surface area contributed by atoms with Crippen molar-refractivity contribution < 1.29 is 19.3 Å². The topological polar surface area (TPSA) is 70.3 Å². The predicted octanol–water partition coefficient (Wildman–Crippen LogP) is 5.53. The Bertz CT molecular complexity index is 619. The second-order valence-electron chi connectivity index (χ2n) is 8.91. The van der Waals surface area contributed by atoms with Gasteiger partial charge in [-0.25, -0.2) is 0 Å². The molecule has 2 N–H and O–H groups in total. The third-order valence-corrected chi connectivity index (χ3v) is 5.98. The minimum Gasteiger partial charge on any atom is -0.395 e. The summed E-state index contributed by atoms with van der Waals surface area (Å²) in [6, 6.07) is 5.44. The monoisotopic (exact) mass is 447 g/mol. The first-order chi connectivity index (χ1) is 15.7. The van der Waals surface area contributed by atoms with E-state index in [-0.39, 0.29) is 31.4 Å². The second kappa shape index (κ2) is 19.9. The summed E-state index contributed by atoms with van der Waals surface area (Å²) in [6.07, 6.45) is 21.9. The molecule has 0 aromatic carbocycles. The zero-order valence-electron chi connectivity index (χ0n) is 20.5. The van der Waals surface area contributed by atoms with Crippen LogP contribution in [0.5, 0.6) is 0 Å². The fourth-order valence-corrected chi connectivity index (χ4v) is 4.06. The van der Waals surface area contributed by atoms with Crippen LogP contribution in [0.3, 0.4) is 0 Å². The van der Waals surface area contributed by atoms with Gasteiger partial charge in [-0.2, -0.15) is 4.57 Å². The minimum absolute atomic E-state index is 0.0871. The number of pyridine rings is 1. The van der Waals surface area contributed by atoms with Gasteiger partial charge in [-0.15, -0.1) is 0 Å². The van der Waals surface area contributed by atoms with Crippen LogP contribution in [0.4, 0.5) is 0 Å². The number of carbonyl (C=O) groups is 2. The number of rotatable bonds is 21. The number of aromatic nitrogens is 1. The Labute approximate surface area is 196 Å². The molecule has 0 fully saturated rings. The van der Waals surface area contributed by atoms with E-state index in [9.17, 15) is 9.59 Å². The lowest BCUT2D eigenvalue weighted by Gasteiger charge is -2.05. The molecule has 1 amide bonds. The third-order valence-electron chi connectivity index (χ3n) is 5.98. The van der Waals surface area contributed by atoms with Crippen LogP contribution in [0.15, 0.2) is 24.4 Å². The van der Waals surface area contributed by atoms with E-state index in [1.807, 2.05) is 12.1 Å². The molecular formula is C27H47N2O3+. The fourth-order valence-electron chi connectivity index (χ4n) is 4.06. The van der Waals surface area contributed by atoms with Gasteiger partial charge in [-0.05, 0) is 12.5 Å². The summed E-state index contributed by atoms with van der Waals surface area (Å²) in [5.41, 5.74) is 0.581. The lowest BCUT2D eigenvalue weighted by atomic mass is 10.0. The molecule has 0 aliphatic rings. The maximum atomic E-state index is 12.6. The molecule has 0 unspecified atom stereocenters. The molecule has 1 aromatic rings. The summed E-state index contributed by atoms with van der Waals surface area (Å²) >= 11 is 0. The van der Waals surface area contributed by atoms with Crippen molar-refractivity contribution in [2.75, 3.05) is 13.2 Å². The Balaban J connectivity index is 2.06. The third kappa shape index (κ3) is 14.3. The molecule has 0 radical (unpaired) electrons. The van der Waals surface area contributed by atoms with Crippen LogP contribution in [-0.4, -0.2) is 29.9 Å². The summed E-state index contributed by atoms with van der Waals surface area (Å²) in [5.74, 6) is -0.105. The zero-order valence-corrected chi connectivity index (χ0v) is 20.5. The number of nitrogens with zero attached hydrogens (tertiary/aromatic N) is 1. The van der Waals surface area contributed by atoms with Crippen LogP contribution < -0.4 is 9.88 Å². The molecule has 1 heterocycles. The molecule has 0 saturated carbocycles. The lowest BCUT2D eigenvalue weighted by Crippen LogP contribution is -2.47. The first kappa shape index (κ1) is 28.3. The average molecular weight is 448 g/mol. The summed E-state index contributed by atoms with van der Waals surface area (Å²) < 4.78 is 1.69. The van der Waals surface area contributed by atoms with Crippen molar-refractivity contribution in [1.82, 2.24) is 5.32 Å². The second-order valence-corrected chi connectivity index (χ2v) is 8.91. The molecule has 0 aliphatic carbocycles. The highest BCUT2D eigenvalue weighted by molar-refractivity contribution is 5.92.